The monoisotopic (exact) mass is 618 g/mol. The number of furan rings is 1. The lowest BCUT2D eigenvalue weighted by atomic mass is 9.97. The minimum atomic E-state index is 0.900. The van der Waals surface area contributed by atoms with Crippen molar-refractivity contribution in [2.24, 2.45) is 0 Å². The molecule has 3 nitrogen and oxygen atoms in total. The maximum Gasteiger partial charge on any atom is 0.144 e. The standard InChI is InChI=1S/C43H26N2OS/c1-2-10-28(11-3-1)45(30-22-23-33-32-13-6-9-17-39(32)47-40(33)26-30)29-20-18-27(19-21-29)42-36-25-24-34-31-12-5-8-16-38(31)46-43(34)41(36)35-14-4-7-15-37(35)44-42/h1-26H. The van der Waals surface area contributed by atoms with E-state index in [1.54, 1.807) is 0 Å². The number of benzene rings is 7. The van der Waals surface area contributed by atoms with E-state index in [0.717, 1.165) is 71.9 Å². The number of pyridine rings is 1. The van der Waals surface area contributed by atoms with Gasteiger partial charge in [-0.05, 0) is 60.7 Å². The number of nitrogens with zero attached hydrogens (tertiary/aromatic N) is 2. The maximum absolute atomic E-state index is 6.53. The molecule has 0 aliphatic carbocycles. The van der Waals surface area contributed by atoms with Gasteiger partial charge in [0.05, 0.1) is 11.2 Å². The lowest BCUT2D eigenvalue weighted by Crippen LogP contribution is -2.09. The highest BCUT2D eigenvalue weighted by molar-refractivity contribution is 7.25. The summed E-state index contributed by atoms with van der Waals surface area (Å²) in [7, 11) is 0. The van der Waals surface area contributed by atoms with Crippen LogP contribution in [0.2, 0.25) is 0 Å². The molecule has 3 heterocycles. The van der Waals surface area contributed by atoms with Crippen LogP contribution in [0.5, 0.6) is 0 Å². The van der Waals surface area contributed by atoms with Gasteiger partial charge in [0, 0.05) is 69.7 Å². The van der Waals surface area contributed by atoms with Gasteiger partial charge in [0.25, 0.3) is 0 Å². The second-order valence-corrected chi connectivity index (χ2v) is 13.0. The Balaban J connectivity index is 1.14. The first kappa shape index (κ1) is 26.3. The third-order valence-corrected chi connectivity index (χ3v) is 10.4. The van der Waals surface area contributed by atoms with Crippen LogP contribution in [0.15, 0.2) is 162 Å². The summed E-state index contributed by atoms with van der Waals surface area (Å²) in [6.45, 7) is 0. The maximum atomic E-state index is 6.53. The molecule has 0 unspecified atom stereocenters. The molecular formula is C43H26N2OS. The number of hydrogen-bond donors (Lipinski definition) is 0. The number of aromatic nitrogens is 1. The van der Waals surface area contributed by atoms with Gasteiger partial charge >= 0.3 is 0 Å². The summed E-state index contributed by atoms with van der Waals surface area (Å²) < 4.78 is 9.12. The number of para-hydroxylation sites is 3. The van der Waals surface area contributed by atoms with Gasteiger partial charge in [-0.1, -0.05) is 97.1 Å². The minimum absolute atomic E-state index is 0.900. The number of thiophene rings is 1. The summed E-state index contributed by atoms with van der Waals surface area (Å²) in [6.07, 6.45) is 0. The van der Waals surface area contributed by atoms with E-state index in [9.17, 15) is 0 Å². The molecular weight excluding hydrogens is 593 g/mol. The Kier molecular flexibility index (Phi) is 5.74. The molecule has 4 heteroatoms. The summed E-state index contributed by atoms with van der Waals surface area (Å²) in [4.78, 5) is 7.56. The fraction of sp³-hybridized carbons (Fsp3) is 0. The molecule has 7 aromatic carbocycles. The Morgan fingerprint density at radius 2 is 1.11 bits per heavy atom. The second-order valence-electron chi connectivity index (χ2n) is 11.9. The molecule has 0 aliphatic rings. The highest BCUT2D eigenvalue weighted by atomic mass is 32.1. The lowest BCUT2D eigenvalue weighted by Gasteiger charge is -2.25. The molecule has 0 aliphatic heterocycles. The lowest BCUT2D eigenvalue weighted by molar-refractivity contribution is 0.673. The topological polar surface area (TPSA) is 29.3 Å². The molecule has 0 fully saturated rings. The minimum Gasteiger partial charge on any atom is -0.455 e. The fourth-order valence-electron chi connectivity index (χ4n) is 7.08. The van der Waals surface area contributed by atoms with Crippen LogP contribution in [0.1, 0.15) is 0 Å². The van der Waals surface area contributed by atoms with Gasteiger partial charge in [-0.2, -0.15) is 0 Å². The first-order chi connectivity index (χ1) is 23.3. The van der Waals surface area contributed by atoms with E-state index >= 15 is 0 Å². The zero-order valence-electron chi connectivity index (χ0n) is 25.2. The van der Waals surface area contributed by atoms with E-state index in [4.69, 9.17) is 9.40 Å². The number of fused-ring (bicyclic) bond motifs is 10. The van der Waals surface area contributed by atoms with Gasteiger partial charge in [0.2, 0.25) is 0 Å². The van der Waals surface area contributed by atoms with Gasteiger partial charge < -0.3 is 9.32 Å². The molecule has 0 radical (unpaired) electrons. The fourth-order valence-corrected chi connectivity index (χ4v) is 8.22. The van der Waals surface area contributed by atoms with E-state index in [2.05, 4.69) is 150 Å². The molecule has 0 N–H and O–H groups in total. The van der Waals surface area contributed by atoms with Crippen molar-refractivity contribution in [3.05, 3.63) is 158 Å². The van der Waals surface area contributed by atoms with Crippen LogP contribution in [-0.4, -0.2) is 4.98 Å². The van der Waals surface area contributed by atoms with Gasteiger partial charge in [0.15, 0.2) is 0 Å². The van der Waals surface area contributed by atoms with Crippen molar-refractivity contribution < 1.29 is 4.42 Å². The van der Waals surface area contributed by atoms with Crippen LogP contribution < -0.4 is 4.90 Å². The van der Waals surface area contributed by atoms with Crippen molar-refractivity contribution in [3.63, 3.8) is 0 Å². The molecule has 0 saturated carbocycles. The quantitative estimate of drug-likeness (QED) is 0.184. The van der Waals surface area contributed by atoms with Gasteiger partial charge in [-0.25, -0.2) is 4.98 Å². The number of rotatable bonds is 4. The molecule has 0 bridgehead atoms. The number of anilines is 3. The Morgan fingerprint density at radius 3 is 1.98 bits per heavy atom. The molecule has 0 spiro atoms. The first-order valence-corrected chi connectivity index (χ1v) is 16.6. The predicted octanol–water partition coefficient (Wildman–Crippen LogP) is 12.8. The van der Waals surface area contributed by atoms with Crippen molar-refractivity contribution in [2.75, 3.05) is 4.90 Å². The first-order valence-electron chi connectivity index (χ1n) is 15.8. The predicted molar refractivity (Wildman–Crippen MR) is 200 cm³/mol. The van der Waals surface area contributed by atoms with Crippen molar-refractivity contribution in [3.8, 4) is 11.3 Å². The van der Waals surface area contributed by atoms with Crippen LogP contribution in [0.3, 0.4) is 0 Å². The number of hydrogen-bond acceptors (Lipinski definition) is 4. The Bertz CT molecular complexity index is 2800. The molecule has 47 heavy (non-hydrogen) atoms. The second kappa shape index (κ2) is 10.3. The summed E-state index contributed by atoms with van der Waals surface area (Å²) in [5, 5.41) is 8.14. The highest BCUT2D eigenvalue weighted by Crippen LogP contribution is 2.43. The SMILES string of the molecule is c1ccc(N(c2ccc(-c3nc4ccccc4c4c3ccc3c5ccccc5oc34)cc2)c2ccc3c(c2)sc2ccccc23)cc1. The third-order valence-electron chi connectivity index (χ3n) is 9.24. The van der Waals surface area contributed by atoms with Crippen LogP contribution in [0.4, 0.5) is 17.1 Å². The van der Waals surface area contributed by atoms with E-state index in [0.29, 0.717) is 0 Å². The van der Waals surface area contributed by atoms with E-state index in [-0.39, 0.29) is 0 Å². The largest absolute Gasteiger partial charge is 0.455 e. The molecule has 0 amide bonds. The molecule has 0 atom stereocenters. The average Bonchev–Trinajstić information content (AvgIpc) is 3.70. The van der Waals surface area contributed by atoms with Crippen LogP contribution >= 0.6 is 11.3 Å². The van der Waals surface area contributed by atoms with Crippen molar-refractivity contribution in [2.45, 2.75) is 0 Å². The Morgan fingerprint density at radius 1 is 0.468 bits per heavy atom. The highest BCUT2D eigenvalue weighted by Gasteiger charge is 2.19. The van der Waals surface area contributed by atoms with Crippen molar-refractivity contribution in [1.82, 2.24) is 4.98 Å². The summed E-state index contributed by atoms with van der Waals surface area (Å²) in [5.41, 5.74) is 8.11. The van der Waals surface area contributed by atoms with Crippen LogP contribution in [0, 0.1) is 0 Å². The Hall–Kier alpha value is -5.97. The van der Waals surface area contributed by atoms with Gasteiger partial charge in [0.1, 0.15) is 11.2 Å². The van der Waals surface area contributed by atoms with E-state index < -0.39 is 0 Å². The average molecular weight is 619 g/mol. The molecule has 10 rings (SSSR count). The molecule has 10 aromatic rings. The summed E-state index contributed by atoms with van der Waals surface area (Å²) in [5.74, 6) is 0. The van der Waals surface area contributed by atoms with Gasteiger partial charge in [-0.15, -0.1) is 11.3 Å². The zero-order chi connectivity index (χ0) is 30.9. The smallest absolute Gasteiger partial charge is 0.144 e. The zero-order valence-corrected chi connectivity index (χ0v) is 26.0. The van der Waals surface area contributed by atoms with E-state index in [1.807, 2.05) is 23.5 Å². The normalized spacial score (nSPS) is 11.8. The summed E-state index contributed by atoms with van der Waals surface area (Å²) >= 11 is 1.84. The Labute approximate surface area is 274 Å². The van der Waals surface area contributed by atoms with Crippen molar-refractivity contribution >= 4 is 92.2 Å². The molecule has 0 saturated heterocycles. The third kappa shape index (κ3) is 4.09. The summed E-state index contributed by atoms with van der Waals surface area (Å²) in [6, 6.07) is 55.9. The van der Waals surface area contributed by atoms with Crippen LogP contribution in [0.25, 0.3) is 75.0 Å². The molecule has 3 aromatic heterocycles. The van der Waals surface area contributed by atoms with E-state index in [1.165, 1.54) is 20.2 Å². The van der Waals surface area contributed by atoms with Crippen LogP contribution in [-0.2, 0) is 0 Å². The van der Waals surface area contributed by atoms with Gasteiger partial charge in [-0.3, -0.25) is 0 Å². The van der Waals surface area contributed by atoms with Crippen molar-refractivity contribution in [1.29, 1.82) is 0 Å². The molecule has 220 valence electrons.